The van der Waals surface area contributed by atoms with E-state index in [-0.39, 0.29) is 18.7 Å². The molecule has 148 valence electrons. The standard InChI is InChI=1S/C22H27N3O3/c1-16-5-3-4-6-18(16)14-24-9-11-25(12-10-24)17(2)22(26)23-19-7-8-20-21(13-19)28-15-27-20/h3-8,13,17H,9-12,14-15H2,1-2H3,(H,23,26)/p+2/t17-/m1/s1. The first kappa shape index (κ1) is 18.8. The van der Waals surface area contributed by atoms with Gasteiger partial charge in [0.05, 0.1) is 0 Å². The predicted molar refractivity (Wildman–Crippen MR) is 107 cm³/mol. The molecule has 4 rings (SSSR count). The summed E-state index contributed by atoms with van der Waals surface area (Å²) in [4.78, 5) is 15.7. The number of amides is 1. The average molecular weight is 383 g/mol. The van der Waals surface area contributed by atoms with Gasteiger partial charge in [0.1, 0.15) is 32.7 Å². The van der Waals surface area contributed by atoms with E-state index < -0.39 is 0 Å². The number of fused-ring (bicyclic) bond motifs is 1. The molecule has 0 spiro atoms. The summed E-state index contributed by atoms with van der Waals surface area (Å²) >= 11 is 0. The molecule has 2 aromatic carbocycles. The van der Waals surface area contributed by atoms with Gasteiger partial charge in [0.15, 0.2) is 17.5 Å². The zero-order valence-corrected chi connectivity index (χ0v) is 16.6. The maximum absolute atomic E-state index is 12.7. The van der Waals surface area contributed by atoms with Gasteiger partial charge in [-0.15, -0.1) is 0 Å². The second kappa shape index (κ2) is 8.20. The minimum absolute atomic E-state index is 0.0521. The molecule has 0 aliphatic carbocycles. The Bertz CT molecular complexity index is 847. The van der Waals surface area contributed by atoms with Gasteiger partial charge >= 0.3 is 0 Å². The molecule has 2 aliphatic heterocycles. The lowest BCUT2D eigenvalue weighted by atomic mass is 10.1. The number of aryl methyl sites for hydroxylation is 1. The summed E-state index contributed by atoms with van der Waals surface area (Å²) in [5.41, 5.74) is 3.54. The molecule has 0 unspecified atom stereocenters. The van der Waals surface area contributed by atoms with E-state index in [2.05, 4.69) is 36.5 Å². The summed E-state index contributed by atoms with van der Waals surface area (Å²) in [5, 5.41) is 3.03. The Hall–Kier alpha value is -2.57. The molecule has 1 atom stereocenters. The van der Waals surface area contributed by atoms with Crippen molar-refractivity contribution in [1.29, 1.82) is 0 Å². The second-order valence-electron chi connectivity index (χ2n) is 7.79. The quantitative estimate of drug-likeness (QED) is 0.683. The highest BCUT2D eigenvalue weighted by molar-refractivity contribution is 5.93. The highest BCUT2D eigenvalue weighted by Gasteiger charge is 2.31. The Kier molecular flexibility index (Phi) is 5.50. The Morgan fingerprint density at radius 2 is 1.82 bits per heavy atom. The third-order valence-corrected chi connectivity index (χ3v) is 5.95. The Morgan fingerprint density at radius 3 is 2.61 bits per heavy atom. The first-order valence-electron chi connectivity index (χ1n) is 10.0. The largest absolute Gasteiger partial charge is 0.454 e. The van der Waals surface area contributed by atoms with Crippen LogP contribution in [0.1, 0.15) is 18.1 Å². The van der Waals surface area contributed by atoms with Crippen molar-refractivity contribution < 1.29 is 24.1 Å². The minimum Gasteiger partial charge on any atom is -0.454 e. The smallest absolute Gasteiger partial charge is 0.282 e. The van der Waals surface area contributed by atoms with Gasteiger partial charge < -0.3 is 24.6 Å². The SMILES string of the molecule is Cc1ccccc1C[NH+]1CC[NH+]([C@H](C)C(=O)Nc2ccc3c(c2)OCO3)CC1. The van der Waals surface area contributed by atoms with E-state index in [1.54, 1.807) is 4.90 Å². The lowest BCUT2D eigenvalue weighted by Gasteiger charge is -2.32. The maximum atomic E-state index is 12.7. The van der Waals surface area contributed by atoms with Gasteiger partial charge in [-0.2, -0.15) is 0 Å². The third-order valence-electron chi connectivity index (χ3n) is 5.95. The number of hydrogen-bond acceptors (Lipinski definition) is 3. The Labute approximate surface area is 166 Å². The summed E-state index contributed by atoms with van der Waals surface area (Å²) < 4.78 is 10.7. The Balaban J connectivity index is 1.29. The monoisotopic (exact) mass is 383 g/mol. The molecular formula is C22H29N3O3+2. The van der Waals surface area contributed by atoms with Crippen LogP contribution >= 0.6 is 0 Å². The van der Waals surface area contributed by atoms with Crippen molar-refractivity contribution >= 4 is 11.6 Å². The number of anilines is 1. The Morgan fingerprint density at radius 1 is 1.07 bits per heavy atom. The molecule has 2 aromatic rings. The summed E-state index contributed by atoms with van der Waals surface area (Å²) in [5.74, 6) is 1.46. The van der Waals surface area contributed by atoms with Crippen LogP contribution in [0.2, 0.25) is 0 Å². The fraction of sp³-hybridized carbons (Fsp3) is 0.409. The number of carbonyl (C=O) groups is 1. The number of ether oxygens (including phenoxy) is 2. The molecule has 0 saturated carbocycles. The molecule has 0 aromatic heterocycles. The number of benzene rings is 2. The van der Waals surface area contributed by atoms with Crippen molar-refractivity contribution in [2.75, 3.05) is 38.3 Å². The number of nitrogens with one attached hydrogen (secondary N) is 3. The van der Waals surface area contributed by atoms with Crippen molar-refractivity contribution in [3.8, 4) is 11.5 Å². The van der Waals surface area contributed by atoms with Crippen LogP contribution in [0.15, 0.2) is 42.5 Å². The lowest BCUT2D eigenvalue weighted by molar-refractivity contribution is -1.02. The van der Waals surface area contributed by atoms with Crippen LogP contribution in [0.3, 0.4) is 0 Å². The van der Waals surface area contributed by atoms with E-state index in [9.17, 15) is 4.79 Å². The van der Waals surface area contributed by atoms with Crippen LogP contribution < -0.4 is 24.6 Å². The van der Waals surface area contributed by atoms with Gasteiger partial charge in [-0.25, -0.2) is 0 Å². The fourth-order valence-electron chi connectivity index (χ4n) is 4.02. The lowest BCUT2D eigenvalue weighted by Crippen LogP contribution is -3.29. The topological polar surface area (TPSA) is 56.4 Å². The summed E-state index contributed by atoms with van der Waals surface area (Å²) in [7, 11) is 0. The molecule has 1 amide bonds. The maximum Gasteiger partial charge on any atom is 0.282 e. The number of quaternary nitrogens is 2. The van der Waals surface area contributed by atoms with Gasteiger partial charge in [-0.05, 0) is 31.5 Å². The summed E-state index contributed by atoms with van der Waals surface area (Å²) in [6.07, 6.45) is 0. The molecule has 1 fully saturated rings. The van der Waals surface area contributed by atoms with E-state index in [0.717, 1.165) is 44.2 Å². The van der Waals surface area contributed by atoms with Crippen LogP contribution in [-0.4, -0.2) is 44.9 Å². The second-order valence-corrected chi connectivity index (χ2v) is 7.79. The number of piperazine rings is 1. The van der Waals surface area contributed by atoms with E-state index in [0.29, 0.717) is 5.75 Å². The van der Waals surface area contributed by atoms with E-state index in [1.807, 2.05) is 25.1 Å². The molecule has 0 radical (unpaired) electrons. The number of carbonyl (C=O) groups excluding carboxylic acids is 1. The fourth-order valence-corrected chi connectivity index (χ4v) is 4.02. The van der Waals surface area contributed by atoms with Gasteiger partial charge in [0, 0.05) is 17.3 Å². The molecule has 28 heavy (non-hydrogen) atoms. The summed E-state index contributed by atoms with van der Waals surface area (Å²) in [6.45, 7) is 9.70. The van der Waals surface area contributed by atoms with Crippen LogP contribution in [0.4, 0.5) is 5.69 Å². The highest BCUT2D eigenvalue weighted by Crippen LogP contribution is 2.34. The minimum atomic E-state index is -0.0783. The number of rotatable bonds is 5. The highest BCUT2D eigenvalue weighted by atomic mass is 16.7. The first-order valence-corrected chi connectivity index (χ1v) is 10.0. The van der Waals surface area contributed by atoms with Crippen LogP contribution in [0.25, 0.3) is 0 Å². The zero-order valence-electron chi connectivity index (χ0n) is 16.6. The van der Waals surface area contributed by atoms with Gasteiger partial charge in [-0.3, -0.25) is 4.79 Å². The molecule has 2 aliphatic rings. The summed E-state index contributed by atoms with van der Waals surface area (Å²) in [6, 6.07) is 14.1. The van der Waals surface area contributed by atoms with Gasteiger partial charge in [0.25, 0.3) is 5.91 Å². The van der Waals surface area contributed by atoms with Crippen molar-refractivity contribution in [2.45, 2.75) is 26.4 Å². The van der Waals surface area contributed by atoms with Crippen LogP contribution in [-0.2, 0) is 11.3 Å². The predicted octanol–water partition coefficient (Wildman–Crippen LogP) is 0.0343. The molecule has 3 N–H and O–H groups in total. The molecule has 0 bridgehead atoms. The molecule has 2 heterocycles. The molecular weight excluding hydrogens is 354 g/mol. The van der Waals surface area contributed by atoms with Crippen molar-refractivity contribution in [3.05, 3.63) is 53.6 Å². The van der Waals surface area contributed by atoms with Gasteiger partial charge in [-0.1, -0.05) is 24.3 Å². The van der Waals surface area contributed by atoms with E-state index >= 15 is 0 Å². The van der Waals surface area contributed by atoms with E-state index in [1.165, 1.54) is 16.0 Å². The van der Waals surface area contributed by atoms with Gasteiger partial charge in [0.2, 0.25) is 6.79 Å². The third kappa shape index (κ3) is 4.13. The molecule has 6 heteroatoms. The molecule has 1 saturated heterocycles. The van der Waals surface area contributed by atoms with Crippen molar-refractivity contribution in [2.24, 2.45) is 0 Å². The normalized spacial score (nSPS) is 21.9. The first-order chi connectivity index (χ1) is 13.6. The number of hydrogen-bond donors (Lipinski definition) is 3. The van der Waals surface area contributed by atoms with Crippen LogP contribution in [0, 0.1) is 6.92 Å². The van der Waals surface area contributed by atoms with Crippen LogP contribution in [0.5, 0.6) is 11.5 Å². The average Bonchev–Trinajstić information content (AvgIpc) is 3.17. The van der Waals surface area contributed by atoms with Crippen molar-refractivity contribution in [1.82, 2.24) is 0 Å². The zero-order chi connectivity index (χ0) is 19.5. The molecule has 6 nitrogen and oxygen atoms in total. The van der Waals surface area contributed by atoms with E-state index in [4.69, 9.17) is 9.47 Å². The van der Waals surface area contributed by atoms with Crippen molar-refractivity contribution in [3.63, 3.8) is 0 Å².